The minimum absolute atomic E-state index is 0.148. The van der Waals surface area contributed by atoms with Gasteiger partial charge in [-0.15, -0.1) is 5.10 Å². The zero-order chi connectivity index (χ0) is 23.1. The molecule has 33 heavy (non-hydrogen) atoms. The van der Waals surface area contributed by atoms with E-state index < -0.39 is 0 Å². The molecule has 7 nitrogen and oxygen atoms in total. The maximum atomic E-state index is 13.4. The number of carbonyl (C=O) groups excluding carboxylic acids is 1. The lowest BCUT2D eigenvalue weighted by Gasteiger charge is -2.16. The van der Waals surface area contributed by atoms with E-state index in [0.717, 1.165) is 39.9 Å². The molecule has 9 heteroatoms. The molecule has 0 aliphatic carbocycles. The number of anilines is 1. The topological polar surface area (TPSA) is 76.8 Å². The Kier molecular flexibility index (Phi) is 5.76. The maximum Gasteiger partial charge on any atom is 0.291 e. The van der Waals surface area contributed by atoms with Gasteiger partial charge in [-0.2, -0.15) is 9.50 Å². The van der Waals surface area contributed by atoms with Gasteiger partial charge in [0.25, 0.3) is 11.5 Å². The first-order chi connectivity index (χ1) is 16.0. The van der Waals surface area contributed by atoms with Crippen LogP contribution >= 0.6 is 27.3 Å². The number of carbonyl (C=O) groups is 1. The Morgan fingerprint density at radius 2 is 1.88 bits per heavy atom. The van der Waals surface area contributed by atoms with Gasteiger partial charge in [0.2, 0.25) is 4.96 Å². The van der Waals surface area contributed by atoms with Crippen molar-refractivity contribution in [2.45, 2.75) is 26.7 Å². The Labute approximate surface area is 202 Å². The van der Waals surface area contributed by atoms with Crippen LogP contribution in [0.25, 0.3) is 21.9 Å². The number of rotatable bonds is 6. The summed E-state index contributed by atoms with van der Waals surface area (Å²) in [6.45, 7) is 5.22. The van der Waals surface area contributed by atoms with Crippen LogP contribution in [-0.2, 0) is 4.79 Å². The Bertz CT molecular complexity index is 1480. The Morgan fingerprint density at radius 3 is 2.58 bits per heavy atom. The van der Waals surface area contributed by atoms with Crippen molar-refractivity contribution in [2.75, 3.05) is 18.1 Å². The van der Waals surface area contributed by atoms with Crippen LogP contribution in [0.5, 0.6) is 5.75 Å². The standard InChI is InChI=1S/C24H21BrN4O3S/c1-3-5-12-28-18-11-8-15(25)13-17(18)19(22(28)30)20-23(31)29-24(33-20)26-21(27-29)14-6-9-16(10-7-14)32-4-2/h6-11,13H,3-5,12H2,1-2H3/b20-19-. The van der Waals surface area contributed by atoms with Crippen molar-refractivity contribution in [3.8, 4) is 17.1 Å². The van der Waals surface area contributed by atoms with Crippen molar-refractivity contribution in [3.05, 3.63) is 67.4 Å². The molecular formula is C24H21BrN4O3S. The highest BCUT2D eigenvalue weighted by atomic mass is 79.9. The second-order valence-electron chi connectivity index (χ2n) is 7.67. The summed E-state index contributed by atoms with van der Waals surface area (Å²) in [6.07, 6.45) is 1.86. The van der Waals surface area contributed by atoms with Gasteiger partial charge in [-0.25, -0.2) is 0 Å². The van der Waals surface area contributed by atoms with Crippen molar-refractivity contribution < 1.29 is 9.53 Å². The lowest BCUT2D eigenvalue weighted by Crippen LogP contribution is -2.33. The SMILES string of the molecule is CCCCN1C(=O)/C(=c2\sc3nc(-c4ccc(OCC)cc4)nn3c2=O)c2cc(Br)ccc21. The lowest BCUT2D eigenvalue weighted by atomic mass is 10.1. The summed E-state index contributed by atoms with van der Waals surface area (Å²) in [5.74, 6) is 1.08. The smallest absolute Gasteiger partial charge is 0.291 e. The van der Waals surface area contributed by atoms with Gasteiger partial charge in [0.05, 0.1) is 17.9 Å². The molecule has 0 N–H and O–H groups in total. The minimum atomic E-state index is -0.327. The predicted molar refractivity (Wildman–Crippen MR) is 133 cm³/mol. The molecule has 3 heterocycles. The highest BCUT2D eigenvalue weighted by molar-refractivity contribution is 9.10. The fourth-order valence-corrected chi connectivity index (χ4v) is 5.29. The summed E-state index contributed by atoms with van der Waals surface area (Å²) in [5, 5.41) is 4.43. The zero-order valence-electron chi connectivity index (χ0n) is 18.2. The summed E-state index contributed by atoms with van der Waals surface area (Å²) in [4.78, 5) is 33.5. The van der Waals surface area contributed by atoms with Crippen molar-refractivity contribution in [3.63, 3.8) is 0 Å². The molecule has 1 aliphatic rings. The van der Waals surface area contributed by atoms with Gasteiger partial charge in [-0.1, -0.05) is 40.6 Å². The third-order valence-electron chi connectivity index (χ3n) is 5.52. The Morgan fingerprint density at radius 1 is 1.09 bits per heavy atom. The largest absolute Gasteiger partial charge is 0.494 e. The average Bonchev–Trinajstić information content (AvgIpc) is 3.43. The molecule has 0 unspecified atom stereocenters. The molecule has 0 spiro atoms. The van der Waals surface area contributed by atoms with E-state index >= 15 is 0 Å². The molecule has 0 atom stereocenters. The maximum absolute atomic E-state index is 13.4. The van der Waals surface area contributed by atoms with E-state index in [1.165, 1.54) is 15.9 Å². The van der Waals surface area contributed by atoms with Crippen LogP contribution in [0.1, 0.15) is 32.3 Å². The average molecular weight is 525 g/mol. The summed E-state index contributed by atoms with van der Waals surface area (Å²) in [7, 11) is 0. The van der Waals surface area contributed by atoms with Gasteiger partial charge < -0.3 is 9.64 Å². The van der Waals surface area contributed by atoms with Crippen LogP contribution in [-0.4, -0.2) is 33.7 Å². The number of aromatic nitrogens is 3. The molecule has 0 saturated heterocycles. The summed E-state index contributed by atoms with van der Waals surface area (Å²) < 4.78 is 7.99. The Balaban J connectivity index is 1.63. The number of amides is 1. The second-order valence-corrected chi connectivity index (χ2v) is 9.56. The van der Waals surface area contributed by atoms with Crippen molar-refractivity contribution in [2.24, 2.45) is 0 Å². The van der Waals surface area contributed by atoms with Gasteiger partial charge in [-0.3, -0.25) is 9.59 Å². The first kappa shape index (κ1) is 21.8. The molecule has 0 bridgehead atoms. The normalized spacial score (nSPS) is 14.9. The lowest BCUT2D eigenvalue weighted by molar-refractivity contribution is -0.113. The summed E-state index contributed by atoms with van der Waals surface area (Å²) in [6, 6.07) is 13.2. The van der Waals surface area contributed by atoms with Gasteiger partial charge in [0, 0.05) is 22.1 Å². The van der Waals surface area contributed by atoms with Crippen LogP contribution in [0.3, 0.4) is 0 Å². The highest BCUT2D eigenvalue weighted by Crippen LogP contribution is 2.37. The first-order valence-corrected chi connectivity index (χ1v) is 12.4. The van der Waals surface area contributed by atoms with E-state index in [0.29, 0.717) is 34.0 Å². The molecule has 0 radical (unpaired) electrons. The molecule has 1 amide bonds. The number of hydrogen-bond donors (Lipinski definition) is 0. The van der Waals surface area contributed by atoms with Crippen molar-refractivity contribution in [1.82, 2.24) is 14.6 Å². The Hall–Kier alpha value is -3.04. The molecule has 2 aromatic heterocycles. The monoisotopic (exact) mass is 524 g/mol. The highest BCUT2D eigenvalue weighted by Gasteiger charge is 2.34. The van der Waals surface area contributed by atoms with E-state index in [2.05, 4.69) is 32.9 Å². The number of hydrogen-bond acceptors (Lipinski definition) is 6. The third kappa shape index (κ3) is 3.75. The molecular weight excluding hydrogens is 504 g/mol. The fourth-order valence-electron chi connectivity index (χ4n) is 3.94. The molecule has 4 aromatic rings. The molecule has 0 fully saturated rings. The van der Waals surface area contributed by atoms with E-state index in [9.17, 15) is 9.59 Å². The van der Waals surface area contributed by atoms with Crippen LogP contribution in [0.4, 0.5) is 5.69 Å². The molecule has 0 saturated carbocycles. The second kappa shape index (κ2) is 8.72. The molecule has 2 aromatic carbocycles. The quantitative estimate of drug-likeness (QED) is 0.380. The van der Waals surface area contributed by atoms with Gasteiger partial charge in [0.1, 0.15) is 10.3 Å². The number of ether oxygens (including phenoxy) is 1. The summed E-state index contributed by atoms with van der Waals surface area (Å²) in [5.41, 5.74) is 2.48. The number of nitrogens with zero attached hydrogens (tertiary/aromatic N) is 4. The molecule has 1 aliphatic heterocycles. The van der Waals surface area contributed by atoms with Crippen LogP contribution in [0, 0.1) is 0 Å². The van der Waals surface area contributed by atoms with E-state index in [4.69, 9.17) is 4.74 Å². The van der Waals surface area contributed by atoms with Crippen LogP contribution in [0.2, 0.25) is 0 Å². The molecule has 168 valence electrons. The van der Waals surface area contributed by atoms with E-state index in [-0.39, 0.29) is 11.5 Å². The number of halogens is 1. The number of thiazole rings is 1. The van der Waals surface area contributed by atoms with Gasteiger partial charge in [-0.05, 0) is 55.8 Å². The minimum Gasteiger partial charge on any atom is -0.494 e. The van der Waals surface area contributed by atoms with Gasteiger partial charge in [0.15, 0.2) is 5.82 Å². The predicted octanol–water partition coefficient (Wildman–Crippen LogP) is 4.04. The fraction of sp³-hybridized carbons (Fsp3) is 0.250. The molecule has 5 rings (SSSR count). The van der Waals surface area contributed by atoms with E-state index in [1.807, 2.05) is 49.4 Å². The summed E-state index contributed by atoms with van der Waals surface area (Å²) >= 11 is 4.70. The van der Waals surface area contributed by atoms with Crippen LogP contribution in [0.15, 0.2) is 51.7 Å². The van der Waals surface area contributed by atoms with E-state index in [1.54, 1.807) is 4.90 Å². The number of fused-ring (bicyclic) bond motifs is 2. The van der Waals surface area contributed by atoms with Gasteiger partial charge >= 0.3 is 0 Å². The van der Waals surface area contributed by atoms with Crippen molar-refractivity contribution in [1.29, 1.82) is 0 Å². The number of benzene rings is 2. The zero-order valence-corrected chi connectivity index (χ0v) is 20.6. The number of unbranched alkanes of at least 4 members (excludes halogenated alkanes) is 1. The first-order valence-electron chi connectivity index (χ1n) is 10.8. The third-order valence-corrected chi connectivity index (χ3v) is 7.04. The van der Waals surface area contributed by atoms with Crippen LogP contribution < -0.4 is 19.7 Å². The van der Waals surface area contributed by atoms with Crippen molar-refractivity contribution >= 4 is 49.4 Å².